The Morgan fingerprint density at radius 3 is 2.30 bits per heavy atom. The van der Waals surface area contributed by atoms with E-state index in [0.717, 1.165) is 16.4 Å². The summed E-state index contributed by atoms with van der Waals surface area (Å²) < 4.78 is 11.3. The molecule has 2 aromatic carbocycles. The van der Waals surface area contributed by atoms with Gasteiger partial charge in [0, 0.05) is 34.2 Å². The lowest BCUT2D eigenvalue weighted by molar-refractivity contribution is 0.251. The van der Waals surface area contributed by atoms with Gasteiger partial charge in [0.15, 0.2) is 0 Å². The molecule has 120 valence electrons. The third-order valence-electron chi connectivity index (χ3n) is 3.93. The number of hydrogen-bond acceptors (Lipinski definition) is 2. The van der Waals surface area contributed by atoms with Crippen molar-refractivity contribution in [3.63, 3.8) is 0 Å². The lowest BCUT2D eigenvalue weighted by atomic mass is 10.1. The molecular formula is C18H20N2O2S. The van der Waals surface area contributed by atoms with Crippen LogP contribution in [0.3, 0.4) is 0 Å². The predicted molar refractivity (Wildman–Crippen MR) is 93.0 cm³/mol. The largest absolute Gasteiger partial charge is 0.334 e. The van der Waals surface area contributed by atoms with E-state index in [1.165, 1.54) is 18.4 Å². The molecule has 0 bridgehead atoms. The van der Waals surface area contributed by atoms with Crippen LogP contribution in [0.25, 0.3) is 0 Å². The number of urea groups is 1. The molecule has 3 rings (SSSR count). The van der Waals surface area contributed by atoms with E-state index in [1.807, 2.05) is 0 Å². The molecule has 0 spiro atoms. The molecule has 0 unspecified atom stereocenters. The van der Waals surface area contributed by atoms with E-state index in [4.69, 9.17) is 0 Å². The number of anilines is 1. The number of hydrogen-bond donors (Lipinski definition) is 2. The highest BCUT2D eigenvalue weighted by Gasteiger charge is 2.22. The highest BCUT2D eigenvalue weighted by atomic mass is 32.2. The molecule has 0 aromatic heterocycles. The van der Waals surface area contributed by atoms with Crippen molar-refractivity contribution in [2.75, 3.05) is 11.6 Å². The van der Waals surface area contributed by atoms with Crippen LogP contribution in [0.1, 0.15) is 29.9 Å². The van der Waals surface area contributed by atoms with Crippen molar-refractivity contribution >= 4 is 22.5 Å². The number of amides is 2. The van der Waals surface area contributed by atoms with E-state index in [9.17, 15) is 9.00 Å². The molecule has 0 radical (unpaired) electrons. The quantitative estimate of drug-likeness (QED) is 0.880. The zero-order chi connectivity index (χ0) is 16.2. The van der Waals surface area contributed by atoms with Crippen LogP contribution in [0, 0.1) is 0 Å². The molecular weight excluding hydrogens is 308 g/mol. The molecule has 0 saturated heterocycles. The van der Waals surface area contributed by atoms with Gasteiger partial charge in [-0.1, -0.05) is 24.3 Å². The number of carbonyl (C=O) groups excluding carboxylic acids is 1. The van der Waals surface area contributed by atoms with Gasteiger partial charge in [-0.3, -0.25) is 4.21 Å². The highest BCUT2D eigenvalue weighted by Crippen LogP contribution is 2.39. The van der Waals surface area contributed by atoms with Gasteiger partial charge >= 0.3 is 6.03 Å². The van der Waals surface area contributed by atoms with Gasteiger partial charge in [0.25, 0.3) is 0 Å². The van der Waals surface area contributed by atoms with E-state index in [0.29, 0.717) is 12.2 Å². The molecule has 0 heterocycles. The van der Waals surface area contributed by atoms with Crippen molar-refractivity contribution in [2.45, 2.75) is 30.2 Å². The molecule has 1 fully saturated rings. The van der Waals surface area contributed by atoms with E-state index in [1.54, 1.807) is 30.5 Å². The predicted octanol–water partition coefficient (Wildman–Crippen LogP) is 3.62. The van der Waals surface area contributed by atoms with Gasteiger partial charge in [-0.2, -0.15) is 0 Å². The van der Waals surface area contributed by atoms with Crippen molar-refractivity contribution in [3.8, 4) is 0 Å². The number of benzene rings is 2. The molecule has 1 saturated carbocycles. The fourth-order valence-corrected chi connectivity index (χ4v) is 2.93. The minimum Gasteiger partial charge on any atom is -0.334 e. The summed E-state index contributed by atoms with van der Waals surface area (Å²) in [5, 5.41) is 5.61. The van der Waals surface area contributed by atoms with Gasteiger partial charge in [0.2, 0.25) is 0 Å². The van der Waals surface area contributed by atoms with Gasteiger partial charge in [0.1, 0.15) is 0 Å². The SMILES string of the molecule is C[S@](=O)c1ccc(NC(=O)NCc2ccc(C3CC3)cc2)cc1. The van der Waals surface area contributed by atoms with Crippen LogP contribution >= 0.6 is 0 Å². The fourth-order valence-electron chi connectivity index (χ4n) is 2.41. The molecule has 1 aliphatic rings. The third kappa shape index (κ3) is 4.42. The molecule has 1 atom stereocenters. The van der Waals surface area contributed by atoms with Crippen LogP contribution in [0.5, 0.6) is 0 Å². The highest BCUT2D eigenvalue weighted by molar-refractivity contribution is 7.84. The molecule has 2 N–H and O–H groups in total. The summed E-state index contributed by atoms with van der Waals surface area (Å²) in [6.45, 7) is 0.494. The van der Waals surface area contributed by atoms with Gasteiger partial charge in [-0.15, -0.1) is 0 Å². The standard InChI is InChI=1S/C18H20N2O2S/c1-23(22)17-10-8-16(9-11-17)20-18(21)19-12-13-2-4-14(5-3-13)15-6-7-15/h2-5,8-11,15H,6-7,12H2,1H3,(H2,19,20,21)/t23-/m0/s1. The van der Waals surface area contributed by atoms with E-state index in [-0.39, 0.29) is 6.03 Å². The van der Waals surface area contributed by atoms with Crippen LogP contribution in [0.2, 0.25) is 0 Å². The van der Waals surface area contributed by atoms with Crippen molar-refractivity contribution in [1.29, 1.82) is 0 Å². The van der Waals surface area contributed by atoms with Crippen LogP contribution < -0.4 is 10.6 Å². The summed E-state index contributed by atoms with van der Waals surface area (Å²) >= 11 is 0. The number of carbonyl (C=O) groups is 1. The first kappa shape index (κ1) is 15.7. The van der Waals surface area contributed by atoms with Crippen molar-refractivity contribution in [3.05, 3.63) is 59.7 Å². The van der Waals surface area contributed by atoms with Gasteiger partial charge in [-0.05, 0) is 54.2 Å². The van der Waals surface area contributed by atoms with Crippen LogP contribution in [0.4, 0.5) is 10.5 Å². The van der Waals surface area contributed by atoms with Crippen LogP contribution in [-0.4, -0.2) is 16.5 Å². The first-order chi connectivity index (χ1) is 11.1. The molecule has 23 heavy (non-hydrogen) atoms. The molecule has 4 nitrogen and oxygen atoms in total. The molecule has 5 heteroatoms. The van der Waals surface area contributed by atoms with Crippen molar-refractivity contribution in [2.24, 2.45) is 0 Å². The average molecular weight is 328 g/mol. The summed E-state index contributed by atoms with van der Waals surface area (Å²) in [6.07, 6.45) is 4.22. The smallest absolute Gasteiger partial charge is 0.319 e. The minimum absolute atomic E-state index is 0.248. The normalized spacial score (nSPS) is 15.0. The van der Waals surface area contributed by atoms with E-state index >= 15 is 0 Å². The second-order valence-electron chi connectivity index (χ2n) is 5.80. The maximum Gasteiger partial charge on any atom is 0.319 e. The Balaban J connectivity index is 1.49. The monoisotopic (exact) mass is 328 g/mol. The van der Waals surface area contributed by atoms with Crippen molar-refractivity contribution in [1.82, 2.24) is 5.32 Å². The summed E-state index contributed by atoms with van der Waals surface area (Å²) in [5.41, 5.74) is 3.16. The van der Waals surface area contributed by atoms with E-state index in [2.05, 4.69) is 34.9 Å². The maximum atomic E-state index is 11.9. The topological polar surface area (TPSA) is 58.2 Å². The lowest BCUT2D eigenvalue weighted by Crippen LogP contribution is -2.28. The summed E-state index contributed by atoms with van der Waals surface area (Å²) in [4.78, 5) is 12.6. The molecule has 2 aromatic rings. The number of nitrogens with one attached hydrogen (secondary N) is 2. The molecule has 0 aliphatic heterocycles. The fraction of sp³-hybridized carbons (Fsp3) is 0.278. The van der Waals surface area contributed by atoms with E-state index < -0.39 is 10.8 Å². The lowest BCUT2D eigenvalue weighted by Gasteiger charge is -2.08. The Morgan fingerprint density at radius 2 is 1.74 bits per heavy atom. The van der Waals surface area contributed by atoms with Gasteiger partial charge < -0.3 is 10.6 Å². The Labute approximate surface area is 138 Å². The Bertz CT molecular complexity index is 707. The van der Waals surface area contributed by atoms with Gasteiger partial charge in [-0.25, -0.2) is 4.79 Å². The summed E-state index contributed by atoms with van der Waals surface area (Å²) in [5.74, 6) is 0.751. The first-order valence-corrected chi connectivity index (χ1v) is 9.25. The second-order valence-corrected chi connectivity index (χ2v) is 7.18. The third-order valence-corrected chi connectivity index (χ3v) is 4.86. The van der Waals surface area contributed by atoms with Gasteiger partial charge in [0.05, 0.1) is 0 Å². The maximum absolute atomic E-state index is 11.9. The zero-order valence-corrected chi connectivity index (χ0v) is 13.9. The molecule has 2 amide bonds. The van der Waals surface area contributed by atoms with Crippen LogP contribution in [0.15, 0.2) is 53.4 Å². The zero-order valence-electron chi connectivity index (χ0n) is 13.0. The number of rotatable bonds is 5. The van der Waals surface area contributed by atoms with Crippen LogP contribution in [-0.2, 0) is 17.3 Å². The summed E-state index contributed by atoms with van der Waals surface area (Å²) in [7, 11) is -1.01. The van der Waals surface area contributed by atoms with Crippen molar-refractivity contribution < 1.29 is 9.00 Å². The Morgan fingerprint density at radius 1 is 1.09 bits per heavy atom. The summed E-state index contributed by atoms with van der Waals surface area (Å²) in [6, 6.07) is 15.2. The average Bonchev–Trinajstić information content (AvgIpc) is 3.39. The second kappa shape index (κ2) is 6.96. The molecule has 1 aliphatic carbocycles. The first-order valence-electron chi connectivity index (χ1n) is 7.69. The minimum atomic E-state index is -1.01. The Kier molecular flexibility index (Phi) is 4.76. The Hall–Kier alpha value is -2.14.